The molecule has 0 aliphatic carbocycles. The Morgan fingerprint density at radius 3 is 2.52 bits per heavy atom. The van der Waals surface area contributed by atoms with E-state index in [0.717, 1.165) is 30.5 Å². The third-order valence-electron chi connectivity index (χ3n) is 3.36. The van der Waals surface area contributed by atoms with Crippen molar-refractivity contribution in [3.05, 3.63) is 64.4 Å². The summed E-state index contributed by atoms with van der Waals surface area (Å²) in [7, 11) is 0. The Kier molecular flexibility index (Phi) is 5.59. The summed E-state index contributed by atoms with van der Waals surface area (Å²) < 4.78 is 13.3. The van der Waals surface area contributed by atoms with Crippen LogP contribution in [0.3, 0.4) is 0 Å². The lowest BCUT2D eigenvalue weighted by Gasteiger charge is -2.19. The van der Waals surface area contributed by atoms with E-state index in [1.54, 1.807) is 24.3 Å². The predicted molar refractivity (Wildman–Crippen MR) is 84.3 cm³/mol. The number of hydrogen-bond acceptors (Lipinski definition) is 2. The molecule has 0 amide bonds. The first kappa shape index (κ1) is 15.8. The molecular weight excluding hydrogens is 289 g/mol. The molecular formula is C17H19ClFNO. The highest BCUT2D eigenvalue weighted by Crippen LogP contribution is 2.24. The molecule has 1 unspecified atom stereocenters. The van der Waals surface area contributed by atoms with Crippen molar-refractivity contribution in [2.75, 3.05) is 6.54 Å². The summed E-state index contributed by atoms with van der Waals surface area (Å²) in [5, 5.41) is 12.9. The van der Waals surface area contributed by atoms with Crippen LogP contribution in [0.25, 0.3) is 0 Å². The molecule has 0 saturated carbocycles. The molecule has 0 aromatic heterocycles. The van der Waals surface area contributed by atoms with Crippen LogP contribution in [0.2, 0.25) is 5.02 Å². The highest BCUT2D eigenvalue weighted by atomic mass is 35.5. The fourth-order valence-corrected chi connectivity index (χ4v) is 2.41. The Morgan fingerprint density at radius 2 is 1.90 bits per heavy atom. The number of phenols is 1. The molecule has 2 nitrogen and oxygen atoms in total. The zero-order chi connectivity index (χ0) is 15.2. The summed E-state index contributed by atoms with van der Waals surface area (Å²) >= 11 is 5.88. The first-order valence-electron chi connectivity index (χ1n) is 7.06. The van der Waals surface area contributed by atoms with Gasteiger partial charge in [0.1, 0.15) is 11.6 Å². The first-order chi connectivity index (χ1) is 10.1. The molecule has 2 aromatic rings. The van der Waals surface area contributed by atoms with Gasteiger partial charge >= 0.3 is 0 Å². The Labute approximate surface area is 129 Å². The second-order valence-electron chi connectivity index (χ2n) is 5.05. The number of phenolic OH excluding ortho intramolecular Hbond substituents is 1. The quantitative estimate of drug-likeness (QED) is 0.825. The van der Waals surface area contributed by atoms with E-state index in [2.05, 4.69) is 12.2 Å². The number of benzene rings is 2. The van der Waals surface area contributed by atoms with Crippen LogP contribution in [0.1, 0.15) is 30.5 Å². The van der Waals surface area contributed by atoms with E-state index in [1.165, 1.54) is 6.07 Å². The van der Waals surface area contributed by atoms with E-state index in [4.69, 9.17) is 11.6 Å². The third kappa shape index (κ3) is 4.45. The van der Waals surface area contributed by atoms with Crippen LogP contribution in [0.5, 0.6) is 5.75 Å². The number of halogens is 2. The fourth-order valence-electron chi connectivity index (χ4n) is 2.22. The third-order valence-corrected chi connectivity index (χ3v) is 3.65. The van der Waals surface area contributed by atoms with Gasteiger partial charge in [-0.1, -0.05) is 36.7 Å². The highest BCUT2D eigenvalue weighted by Gasteiger charge is 2.13. The zero-order valence-electron chi connectivity index (χ0n) is 11.9. The van der Waals surface area contributed by atoms with Crippen molar-refractivity contribution in [1.82, 2.24) is 5.32 Å². The van der Waals surface area contributed by atoms with Crippen molar-refractivity contribution < 1.29 is 9.50 Å². The molecule has 1 atom stereocenters. The number of nitrogens with one attached hydrogen (secondary N) is 1. The lowest BCUT2D eigenvalue weighted by atomic mass is 9.98. The molecule has 0 aliphatic heterocycles. The van der Waals surface area contributed by atoms with Gasteiger partial charge < -0.3 is 10.4 Å². The van der Waals surface area contributed by atoms with E-state index in [1.807, 2.05) is 12.1 Å². The van der Waals surface area contributed by atoms with Gasteiger partial charge in [0.05, 0.1) is 5.02 Å². The number of hydrogen-bond donors (Lipinski definition) is 2. The van der Waals surface area contributed by atoms with Crippen molar-refractivity contribution in [3.8, 4) is 5.75 Å². The zero-order valence-corrected chi connectivity index (χ0v) is 12.7. The topological polar surface area (TPSA) is 32.3 Å². The van der Waals surface area contributed by atoms with Crippen LogP contribution >= 0.6 is 11.6 Å². The second kappa shape index (κ2) is 7.43. The van der Waals surface area contributed by atoms with Crippen molar-refractivity contribution in [1.29, 1.82) is 0 Å². The van der Waals surface area contributed by atoms with Gasteiger partial charge in [0, 0.05) is 6.04 Å². The van der Waals surface area contributed by atoms with E-state index in [0.29, 0.717) is 0 Å². The van der Waals surface area contributed by atoms with Crippen molar-refractivity contribution in [3.63, 3.8) is 0 Å². The largest absolute Gasteiger partial charge is 0.508 e. The number of rotatable bonds is 6. The van der Waals surface area contributed by atoms with E-state index < -0.39 is 5.82 Å². The standard InChI is InChI=1S/C17H19ClFNO/c1-2-9-20-17(10-12-3-6-14(21)7-4-12)13-5-8-16(19)15(18)11-13/h3-8,11,17,20-21H,2,9-10H2,1H3. The molecule has 2 aromatic carbocycles. The van der Waals surface area contributed by atoms with Crippen LogP contribution in [0.15, 0.2) is 42.5 Å². The Bertz CT molecular complexity index is 586. The molecule has 2 N–H and O–H groups in total. The van der Waals surface area contributed by atoms with Gasteiger partial charge in [-0.15, -0.1) is 0 Å². The molecule has 112 valence electrons. The predicted octanol–water partition coefficient (Wildman–Crippen LogP) is 4.47. The van der Waals surface area contributed by atoms with Gasteiger partial charge in [-0.2, -0.15) is 0 Å². The maximum absolute atomic E-state index is 13.3. The summed E-state index contributed by atoms with van der Waals surface area (Å²) in [5.74, 6) is -0.152. The average molecular weight is 308 g/mol. The number of aromatic hydroxyl groups is 1. The monoisotopic (exact) mass is 307 g/mol. The minimum atomic E-state index is -0.403. The molecule has 2 rings (SSSR count). The van der Waals surface area contributed by atoms with Crippen LogP contribution in [0.4, 0.5) is 4.39 Å². The lowest BCUT2D eigenvalue weighted by molar-refractivity contribution is 0.474. The van der Waals surface area contributed by atoms with E-state index >= 15 is 0 Å². The Morgan fingerprint density at radius 1 is 1.19 bits per heavy atom. The maximum atomic E-state index is 13.3. The van der Waals surface area contributed by atoms with Crippen LogP contribution in [0, 0.1) is 5.82 Å². The molecule has 21 heavy (non-hydrogen) atoms. The van der Waals surface area contributed by atoms with Gasteiger partial charge in [-0.3, -0.25) is 0 Å². The Hall–Kier alpha value is -1.58. The van der Waals surface area contributed by atoms with Crippen LogP contribution < -0.4 is 5.32 Å². The highest BCUT2D eigenvalue weighted by molar-refractivity contribution is 6.30. The minimum Gasteiger partial charge on any atom is -0.508 e. The molecule has 0 spiro atoms. The van der Waals surface area contributed by atoms with Gasteiger partial charge in [0.15, 0.2) is 0 Å². The summed E-state index contributed by atoms with van der Waals surface area (Å²) in [6.07, 6.45) is 1.77. The SMILES string of the molecule is CCCNC(Cc1ccc(O)cc1)c1ccc(F)c(Cl)c1. The van der Waals surface area contributed by atoms with E-state index in [-0.39, 0.29) is 16.8 Å². The first-order valence-corrected chi connectivity index (χ1v) is 7.44. The fraction of sp³-hybridized carbons (Fsp3) is 0.294. The summed E-state index contributed by atoms with van der Waals surface area (Å²) in [4.78, 5) is 0. The van der Waals surface area contributed by atoms with E-state index in [9.17, 15) is 9.50 Å². The molecule has 0 aliphatic rings. The second-order valence-corrected chi connectivity index (χ2v) is 5.46. The summed E-state index contributed by atoms with van der Waals surface area (Å²) in [5.41, 5.74) is 2.06. The van der Waals surface area contributed by atoms with Crippen molar-refractivity contribution in [2.45, 2.75) is 25.8 Å². The molecule has 0 saturated heterocycles. The van der Waals surface area contributed by atoms with Gasteiger partial charge in [-0.05, 0) is 54.8 Å². The average Bonchev–Trinajstić information content (AvgIpc) is 2.48. The normalized spacial score (nSPS) is 12.3. The van der Waals surface area contributed by atoms with Crippen molar-refractivity contribution >= 4 is 11.6 Å². The van der Waals surface area contributed by atoms with Gasteiger partial charge in [0.25, 0.3) is 0 Å². The van der Waals surface area contributed by atoms with Gasteiger partial charge in [0.2, 0.25) is 0 Å². The lowest BCUT2D eigenvalue weighted by Crippen LogP contribution is -2.24. The van der Waals surface area contributed by atoms with Gasteiger partial charge in [-0.25, -0.2) is 4.39 Å². The molecule has 0 radical (unpaired) electrons. The smallest absolute Gasteiger partial charge is 0.141 e. The molecule has 4 heteroatoms. The maximum Gasteiger partial charge on any atom is 0.141 e. The summed E-state index contributed by atoms with van der Waals surface area (Å²) in [6.45, 7) is 2.97. The molecule has 0 fully saturated rings. The van der Waals surface area contributed by atoms with Crippen molar-refractivity contribution in [2.24, 2.45) is 0 Å². The minimum absolute atomic E-state index is 0.0626. The van der Waals surface area contributed by atoms with Crippen LogP contribution in [-0.2, 0) is 6.42 Å². The van der Waals surface area contributed by atoms with Crippen LogP contribution in [-0.4, -0.2) is 11.7 Å². The summed E-state index contributed by atoms with van der Waals surface area (Å²) in [6, 6.07) is 12.0. The Balaban J connectivity index is 2.20. The molecule has 0 heterocycles. The molecule has 0 bridgehead atoms.